The first-order valence-electron chi connectivity index (χ1n) is 30.2. The minimum Gasteiger partial charge on any atom is -0.509 e. The van der Waals surface area contributed by atoms with Crippen molar-refractivity contribution in [3.63, 3.8) is 0 Å². The molecule has 1 aliphatic rings. The van der Waals surface area contributed by atoms with Crippen molar-refractivity contribution in [3.05, 3.63) is 211 Å². The van der Waals surface area contributed by atoms with Crippen LogP contribution >= 0.6 is 0 Å². The van der Waals surface area contributed by atoms with Crippen LogP contribution < -0.4 is 9.64 Å². The average molecular weight is 1180 g/mol. The van der Waals surface area contributed by atoms with Gasteiger partial charge in [-0.25, -0.2) is 4.98 Å². The molecule has 0 fully saturated rings. The number of anilines is 2. The molecule has 0 amide bonds. The molecular formula is C70H65N4OPt-3. The molecule has 5 nitrogen and oxygen atoms in total. The third-order valence-electron chi connectivity index (χ3n) is 14.9. The average Bonchev–Trinajstić information content (AvgIpc) is 1.20. The van der Waals surface area contributed by atoms with E-state index in [4.69, 9.17) is 22.1 Å². The SMILES string of the molecule is [2H]C([2H])([2H])C(c1cc(-c2cccc3c4ccccc4c4cc(C(C)(C)C)ccc4c4cccc5c4n(c23)[CH-]N5c2[c-]c(Oc3[c-]c4c(cc3)c3ccccc3n4-c3cc(C(C)(C)C)ccn3)ccc2)cc(C(C)(C)C)c1)(C([2H])([2H])[2H])C([2H])([2H])[2H].[Pt]. The van der Waals surface area contributed by atoms with E-state index in [9.17, 15) is 0 Å². The summed E-state index contributed by atoms with van der Waals surface area (Å²) in [5, 5.41) is 7.79. The van der Waals surface area contributed by atoms with Crippen molar-refractivity contribution < 1.29 is 38.1 Å². The van der Waals surface area contributed by atoms with Crippen LogP contribution in [0.25, 0.3) is 82.1 Å². The van der Waals surface area contributed by atoms with E-state index in [0.29, 0.717) is 39.4 Å². The van der Waals surface area contributed by atoms with E-state index in [2.05, 4.69) is 153 Å². The Bertz CT molecular complexity index is 4510. The number of aromatic nitrogens is 3. The maximum Gasteiger partial charge on any atom is 0.135 e. The van der Waals surface area contributed by atoms with Gasteiger partial charge in [-0.2, -0.15) is 12.1 Å². The largest absolute Gasteiger partial charge is 0.509 e. The molecule has 3 aromatic heterocycles. The van der Waals surface area contributed by atoms with E-state index in [1.54, 1.807) is 0 Å². The summed E-state index contributed by atoms with van der Waals surface area (Å²) >= 11 is 0. The van der Waals surface area contributed by atoms with Crippen LogP contribution in [-0.2, 0) is 42.7 Å². The second-order valence-corrected chi connectivity index (χ2v) is 23.2. The number of fused-ring (bicyclic) bond motifs is 10. The molecule has 4 heterocycles. The van der Waals surface area contributed by atoms with Crippen molar-refractivity contribution in [2.75, 3.05) is 4.90 Å². The summed E-state index contributed by atoms with van der Waals surface area (Å²) in [6.45, 7) is 10.6. The smallest absolute Gasteiger partial charge is 0.135 e. The number of hydrogen-bond acceptors (Lipinski definition) is 3. The minimum absolute atomic E-state index is 0. The Hall–Kier alpha value is -7.33. The fourth-order valence-corrected chi connectivity index (χ4v) is 10.8. The van der Waals surface area contributed by atoms with Crippen molar-refractivity contribution in [3.8, 4) is 28.4 Å². The van der Waals surface area contributed by atoms with Gasteiger partial charge in [-0.05, 0) is 135 Å². The second kappa shape index (κ2) is 18.5. The molecule has 0 atom stereocenters. The van der Waals surface area contributed by atoms with Gasteiger partial charge in [0, 0.05) is 62.3 Å². The van der Waals surface area contributed by atoms with E-state index in [0.717, 1.165) is 82.3 Å². The van der Waals surface area contributed by atoms with E-state index >= 15 is 0 Å². The van der Waals surface area contributed by atoms with Gasteiger partial charge >= 0.3 is 0 Å². The zero-order valence-corrected chi connectivity index (χ0v) is 46.5. The number of ether oxygens (including phenoxy) is 1. The van der Waals surface area contributed by atoms with Crippen LogP contribution in [0.1, 0.15) is 117 Å². The van der Waals surface area contributed by atoms with E-state index < -0.39 is 31.4 Å². The first-order chi connectivity index (χ1) is 39.5. The molecule has 0 spiro atoms. The molecule has 0 saturated carbocycles. The van der Waals surface area contributed by atoms with Crippen LogP contribution in [0.3, 0.4) is 0 Å². The van der Waals surface area contributed by atoms with Gasteiger partial charge in [0.15, 0.2) is 0 Å². The molecule has 76 heavy (non-hydrogen) atoms. The van der Waals surface area contributed by atoms with E-state index in [-0.39, 0.29) is 37.5 Å². The van der Waals surface area contributed by atoms with Gasteiger partial charge in [-0.15, -0.1) is 35.7 Å². The molecule has 0 saturated heterocycles. The standard InChI is InChI=1S/C70H65N4O.Pt/c1-67(2,3)45-30-32-55-59-27-19-29-62-66(59)73(65-52(44-36-47(69(7,8)9)38-48(37-44)70(10,11)12)25-18-26-58(65)53-22-13-14-23-54(53)60(55)39-45)43-72(62)49-20-17-21-50(41-49)75-51-31-33-57-56-24-15-16-28-61(56)74(63(57)42-51)64-40-46(34-35-71-64)68(4,5)6;/h13-40,43H,1-12H3;/q-3;/i7D3,8D3,9D3;. The zero-order valence-electron chi connectivity index (χ0n) is 53.3. The van der Waals surface area contributed by atoms with E-state index in [1.165, 1.54) is 12.1 Å². The summed E-state index contributed by atoms with van der Waals surface area (Å²) in [6, 6.07) is 61.7. The van der Waals surface area contributed by atoms with Gasteiger partial charge in [0.2, 0.25) is 0 Å². The van der Waals surface area contributed by atoms with Crippen LogP contribution in [0.5, 0.6) is 11.5 Å². The Kier molecular flexibility index (Phi) is 9.93. The van der Waals surface area contributed by atoms with Crippen molar-refractivity contribution in [1.29, 1.82) is 0 Å². The van der Waals surface area contributed by atoms with Gasteiger partial charge in [0.05, 0.1) is 0 Å². The predicted molar refractivity (Wildman–Crippen MR) is 317 cm³/mol. The Morgan fingerprint density at radius 3 is 1.80 bits per heavy atom. The molecule has 12 rings (SSSR count). The summed E-state index contributed by atoms with van der Waals surface area (Å²) < 4.78 is 90.7. The number of rotatable bonds is 5. The molecule has 0 aliphatic carbocycles. The number of hydrogen-bond donors (Lipinski definition) is 0. The van der Waals surface area contributed by atoms with Gasteiger partial charge in [-0.1, -0.05) is 203 Å². The quantitative estimate of drug-likeness (QED) is 0.161. The Morgan fingerprint density at radius 2 is 1.08 bits per heavy atom. The van der Waals surface area contributed by atoms with Gasteiger partial charge in [-0.3, -0.25) is 0 Å². The van der Waals surface area contributed by atoms with Crippen molar-refractivity contribution in [2.24, 2.45) is 0 Å². The number of benzene rings is 8. The molecule has 6 heteroatoms. The molecule has 8 aromatic carbocycles. The number of nitrogens with zero attached hydrogens (tertiary/aromatic N) is 4. The molecule has 0 N–H and O–H groups in total. The van der Waals surface area contributed by atoms with Crippen molar-refractivity contribution in [1.82, 2.24) is 14.1 Å². The monoisotopic (exact) mass is 1180 g/mol. The summed E-state index contributed by atoms with van der Waals surface area (Å²) in [5.74, 6) is 1.72. The van der Waals surface area contributed by atoms with Crippen molar-refractivity contribution in [2.45, 2.75) is 105 Å². The van der Waals surface area contributed by atoms with Crippen molar-refractivity contribution >= 4 is 76.5 Å². The summed E-state index contributed by atoms with van der Waals surface area (Å²) in [5.41, 5.74) is 4.30. The first-order valence-corrected chi connectivity index (χ1v) is 25.7. The summed E-state index contributed by atoms with van der Waals surface area (Å²) in [4.78, 5) is 6.96. The fourth-order valence-electron chi connectivity index (χ4n) is 10.8. The Morgan fingerprint density at radius 1 is 0.487 bits per heavy atom. The topological polar surface area (TPSA) is 35.2 Å². The van der Waals surface area contributed by atoms with Crippen LogP contribution in [0.2, 0.25) is 0 Å². The Labute approximate surface area is 475 Å². The fraction of sp³-hybridized carbons (Fsp3) is 0.229. The van der Waals surface area contributed by atoms with E-state index in [1.807, 2.05) is 100 Å². The zero-order chi connectivity index (χ0) is 59.8. The van der Waals surface area contributed by atoms with Gasteiger partial charge in [0.25, 0.3) is 0 Å². The van der Waals surface area contributed by atoms with Crippen LogP contribution in [-0.4, -0.2) is 14.1 Å². The molecule has 0 unspecified atom stereocenters. The minimum atomic E-state index is -3.48. The first kappa shape index (κ1) is 40.9. The molecular weight excluding hydrogens is 1110 g/mol. The van der Waals surface area contributed by atoms with Crippen LogP contribution in [0, 0.1) is 18.8 Å². The number of para-hydroxylation sites is 3. The summed E-state index contributed by atoms with van der Waals surface area (Å²) in [7, 11) is 0. The van der Waals surface area contributed by atoms with Crippen LogP contribution in [0.4, 0.5) is 11.4 Å². The molecule has 0 bridgehead atoms. The molecule has 384 valence electrons. The van der Waals surface area contributed by atoms with Gasteiger partial charge in [0.1, 0.15) is 5.82 Å². The molecule has 11 aromatic rings. The van der Waals surface area contributed by atoms with Gasteiger partial charge < -0.3 is 18.8 Å². The maximum absolute atomic E-state index is 8.84. The molecule has 0 radical (unpaired) electrons. The third kappa shape index (κ3) is 8.81. The second-order valence-electron chi connectivity index (χ2n) is 23.2. The summed E-state index contributed by atoms with van der Waals surface area (Å²) in [6.07, 6.45) is 1.86. The third-order valence-corrected chi connectivity index (χ3v) is 14.9. The van der Waals surface area contributed by atoms with Crippen LogP contribution in [0.15, 0.2) is 170 Å². The maximum atomic E-state index is 8.84. The Balaban J connectivity index is 0.00000752. The normalized spacial score (nSPS) is 15.2. The predicted octanol–water partition coefficient (Wildman–Crippen LogP) is 19.1. The number of pyridine rings is 1. The molecule has 1 aliphatic heterocycles.